The van der Waals surface area contributed by atoms with Crippen molar-refractivity contribution in [1.29, 1.82) is 5.26 Å². The van der Waals surface area contributed by atoms with Gasteiger partial charge in [0.1, 0.15) is 0 Å². The van der Waals surface area contributed by atoms with Crippen LogP contribution in [0.2, 0.25) is 0 Å². The van der Waals surface area contributed by atoms with Gasteiger partial charge in [0.15, 0.2) is 23.0 Å². The molecule has 2 aromatic carbocycles. The summed E-state index contributed by atoms with van der Waals surface area (Å²) in [7, 11) is 6.33. The van der Waals surface area contributed by atoms with E-state index in [0.29, 0.717) is 42.4 Å². The molecule has 2 aromatic rings. The standard InChI is InChI=1S/C26H34N2O5/c1-18(2)26(17-27,20-8-10-22(31-4)24(16-20)33-6)13-11-25(29)28-14-12-19-7-9-21(30-3)23(15-19)32-5/h7-10,15-16,18H,11-14H2,1-6H3,(H,28,29). The first-order chi connectivity index (χ1) is 15.8. The minimum absolute atomic E-state index is 0.000153. The zero-order valence-corrected chi connectivity index (χ0v) is 20.4. The zero-order chi connectivity index (χ0) is 24.4. The third kappa shape index (κ3) is 6.10. The molecule has 0 heterocycles. The molecule has 1 atom stereocenters. The lowest BCUT2D eigenvalue weighted by Gasteiger charge is -2.31. The molecule has 0 aliphatic heterocycles. The van der Waals surface area contributed by atoms with Gasteiger partial charge in [-0.15, -0.1) is 0 Å². The van der Waals surface area contributed by atoms with Crippen molar-refractivity contribution in [3.05, 3.63) is 47.5 Å². The number of ether oxygens (including phenoxy) is 4. The summed E-state index contributed by atoms with van der Waals surface area (Å²) in [6.45, 7) is 4.48. The average molecular weight is 455 g/mol. The van der Waals surface area contributed by atoms with Gasteiger partial charge in [0.2, 0.25) is 5.91 Å². The summed E-state index contributed by atoms with van der Waals surface area (Å²) < 4.78 is 21.3. The van der Waals surface area contributed by atoms with Gasteiger partial charge in [-0.05, 0) is 54.2 Å². The van der Waals surface area contributed by atoms with Crippen LogP contribution in [0.1, 0.15) is 37.8 Å². The quantitative estimate of drug-likeness (QED) is 0.515. The molecule has 33 heavy (non-hydrogen) atoms. The van der Waals surface area contributed by atoms with E-state index in [9.17, 15) is 10.1 Å². The first-order valence-electron chi connectivity index (χ1n) is 11.0. The van der Waals surface area contributed by atoms with E-state index in [1.165, 1.54) is 0 Å². The Labute approximate surface area is 196 Å². The predicted octanol–water partition coefficient (Wildman–Crippen LogP) is 4.28. The van der Waals surface area contributed by atoms with Crippen molar-refractivity contribution in [2.75, 3.05) is 35.0 Å². The summed E-state index contributed by atoms with van der Waals surface area (Å²) in [5, 5.41) is 13.1. The molecule has 0 saturated heterocycles. The van der Waals surface area contributed by atoms with Crippen LogP contribution in [0, 0.1) is 17.2 Å². The highest BCUT2D eigenvalue weighted by Crippen LogP contribution is 2.40. The van der Waals surface area contributed by atoms with Crippen molar-refractivity contribution in [2.45, 2.75) is 38.5 Å². The van der Waals surface area contributed by atoms with Gasteiger partial charge >= 0.3 is 0 Å². The van der Waals surface area contributed by atoms with Crippen LogP contribution in [-0.2, 0) is 16.6 Å². The number of hydrogen-bond donors (Lipinski definition) is 1. The third-order valence-electron chi connectivity index (χ3n) is 6.01. The number of carbonyl (C=O) groups excluding carboxylic acids is 1. The highest BCUT2D eigenvalue weighted by atomic mass is 16.5. The van der Waals surface area contributed by atoms with Crippen molar-refractivity contribution in [1.82, 2.24) is 5.32 Å². The molecular weight excluding hydrogens is 420 g/mol. The maximum Gasteiger partial charge on any atom is 0.220 e. The normalized spacial score (nSPS) is 12.4. The molecular formula is C26H34N2O5. The van der Waals surface area contributed by atoms with Gasteiger partial charge < -0.3 is 24.3 Å². The van der Waals surface area contributed by atoms with E-state index in [1.54, 1.807) is 34.5 Å². The molecule has 7 nitrogen and oxygen atoms in total. The van der Waals surface area contributed by atoms with Gasteiger partial charge in [-0.2, -0.15) is 5.26 Å². The van der Waals surface area contributed by atoms with E-state index in [-0.39, 0.29) is 18.2 Å². The van der Waals surface area contributed by atoms with Gasteiger partial charge in [-0.3, -0.25) is 4.79 Å². The zero-order valence-electron chi connectivity index (χ0n) is 20.4. The lowest BCUT2D eigenvalue weighted by molar-refractivity contribution is -0.121. The maximum atomic E-state index is 12.6. The van der Waals surface area contributed by atoms with Crippen LogP contribution in [-0.4, -0.2) is 40.9 Å². The summed E-state index contributed by atoms with van der Waals surface area (Å²) >= 11 is 0. The van der Waals surface area contributed by atoms with Crippen molar-refractivity contribution < 1.29 is 23.7 Å². The summed E-state index contributed by atoms with van der Waals surface area (Å²) in [6, 6.07) is 13.7. The smallest absolute Gasteiger partial charge is 0.220 e. The molecule has 0 radical (unpaired) electrons. The molecule has 0 aliphatic carbocycles. The Morgan fingerprint density at radius 2 is 1.52 bits per heavy atom. The molecule has 1 N–H and O–H groups in total. The lowest BCUT2D eigenvalue weighted by atomic mass is 9.69. The second-order valence-corrected chi connectivity index (χ2v) is 8.10. The van der Waals surface area contributed by atoms with E-state index in [0.717, 1.165) is 11.1 Å². The van der Waals surface area contributed by atoms with Crippen molar-refractivity contribution >= 4 is 5.91 Å². The monoisotopic (exact) mass is 454 g/mol. The number of hydrogen-bond acceptors (Lipinski definition) is 6. The fraction of sp³-hybridized carbons (Fsp3) is 0.462. The minimum Gasteiger partial charge on any atom is -0.493 e. The van der Waals surface area contributed by atoms with Crippen LogP contribution >= 0.6 is 0 Å². The van der Waals surface area contributed by atoms with E-state index >= 15 is 0 Å². The van der Waals surface area contributed by atoms with Gasteiger partial charge in [0.05, 0.1) is 39.9 Å². The second kappa shape index (κ2) is 12.0. The average Bonchev–Trinajstić information content (AvgIpc) is 2.84. The number of carbonyl (C=O) groups is 1. The predicted molar refractivity (Wildman–Crippen MR) is 127 cm³/mol. The number of benzene rings is 2. The second-order valence-electron chi connectivity index (χ2n) is 8.10. The first-order valence-corrected chi connectivity index (χ1v) is 11.0. The molecule has 0 spiro atoms. The fourth-order valence-electron chi connectivity index (χ4n) is 3.91. The van der Waals surface area contributed by atoms with Crippen LogP contribution < -0.4 is 24.3 Å². The Bertz CT molecular complexity index is 983. The van der Waals surface area contributed by atoms with Gasteiger partial charge in [0, 0.05) is 13.0 Å². The Kier molecular flexibility index (Phi) is 9.41. The summed E-state index contributed by atoms with van der Waals surface area (Å²) in [5.74, 6) is 2.41. The van der Waals surface area contributed by atoms with Gasteiger partial charge in [-0.25, -0.2) is 0 Å². The summed E-state index contributed by atoms with van der Waals surface area (Å²) in [5.41, 5.74) is 1.03. The highest BCUT2D eigenvalue weighted by molar-refractivity contribution is 5.76. The Morgan fingerprint density at radius 1 is 0.939 bits per heavy atom. The molecule has 7 heteroatoms. The van der Waals surface area contributed by atoms with Gasteiger partial charge in [0.25, 0.3) is 0 Å². The van der Waals surface area contributed by atoms with Crippen molar-refractivity contribution in [2.24, 2.45) is 5.92 Å². The number of nitrogens with zero attached hydrogens (tertiary/aromatic N) is 1. The van der Waals surface area contributed by atoms with E-state index < -0.39 is 5.41 Å². The van der Waals surface area contributed by atoms with E-state index in [2.05, 4.69) is 11.4 Å². The third-order valence-corrected chi connectivity index (χ3v) is 6.01. The molecule has 178 valence electrons. The molecule has 1 amide bonds. The lowest BCUT2D eigenvalue weighted by Crippen LogP contribution is -2.34. The van der Waals surface area contributed by atoms with Crippen LogP contribution in [0.25, 0.3) is 0 Å². The number of amides is 1. The SMILES string of the molecule is COc1ccc(CCNC(=O)CCC(C#N)(c2ccc(OC)c(OC)c2)C(C)C)cc1OC. The van der Waals surface area contributed by atoms with Crippen molar-refractivity contribution in [3.63, 3.8) is 0 Å². The Balaban J connectivity index is 2.04. The number of nitriles is 1. The Morgan fingerprint density at radius 3 is 2.06 bits per heavy atom. The van der Waals surface area contributed by atoms with Crippen LogP contribution in [0.15, 0.2) is 36.4 Å². The molecule has 2 rings (SSSR count). The number of methoxy groups -OCH3 is 4. The largest absolute Gasteiger partial charge is 0.493 e. The van der Waals surface area contributed by atoms with Crippen LogP contribution in [0.4, 0.5) is 0 Å². The topological polar surface area (TPSA) is 89.8 Å². The van der Waals surface area contributed by atoms with Crippen LogP contribution in [0.5, 0.6) is 23.0 Å². The fourth-order valence-corrected chi connectivity index (χ4v) is 3.91. The number of rotatable bonds is 12. The van der Waals surface area contributed by atoms with Crippen LogP contribution in [0.3, 0.4) is 0 Å². The summed E-state index contributed by atoms with van der Waals surface area (Å²) in [4.78, 5) is 12.6. The molecule has 0 aliphatic rings. The van der Waals surface area contributed by atoms with E-state index in [4.69, 9.17) is 18.9 Å². The maximum absolute atomic E-state index is 12.6. The molecule has 0 saturated carbocycles. The van der Waals surface area contributed by atoms with Crippen molar-refractivity contribution in [3.8, 4) is 29.1 Å². The molecule has 0 bridgehead atoms. The Hall–Kier alpha value is -3.40. The molecule has 0 fully saturated rings. The molecule has 1 unspecified atom stereocenters. The molecule has 0 aromatic heterocycles. The highest BCUT2D eigenvalue weighted by Gasteiger charge is 2.37. The summed E-state index contributed by atoms with van der Waals surface area (Å²) in [6.07, 6.45) is 1.31. The van der Waals surface area contributed by atoms with E-state index in [1.807, 2.05) is 44.2 Å². The number of nitrogens with one attached hydrogen (secondary N) is 1. The first kappa shape index (κ1) is 25.9. The van der Waals surface area contributed by atoms with Gasteiger partial charge in [-0.1, -0.05) is 26.0 Å². The minimum atomic E-state index is -0.819.